The molecule has 2 rings (SSSR count). The highest BCUT2D eigenvalue weighted by molar-refractivity contribution is 5.81. The van der Waals surface area contributed by atoms with Crippen LogP contribution < -0.4 is 10.4 Å². The number of hydrogen-bond donors (Lipinski definition) is 1. The van der Waals surface area contributed by atoms with E-state index < -0.39 is 6.10 Å². The van der Waals surface area contributed by atoms with Crippen LogP contribution in [0.5, 0.6) is 0 Å². The number of hydrazine groups is 1. The molecule has 1 aliphatic heterocycles. The van der Waals surface area contributed by atoms with Crippen molar-refractivity contribution in [1.29, 1.82) is 0 Å². The Balaban J connectivity index is 1.74. The standard InChI is InChI=1S/C16H24N2O3/c1-13(21-12-15-10-6-7-11-20-15)16(19)17-18(2)14-8-4-3-5-9-14/h3-5,8-9,13,15H,6-7,10-12H2,1-2H3,(H,17,19)/t13-,15+/m0/s1. The molecule has 1 aliphatic rings. The number of para-hydroxylation sites is 1. The summed E-state index contributed by atoms with van der Waals surface area (Å²) in [7, 11) is 1.81. The van der Waals surface area contributed by atoms with Gasteiger partial charge in [-0.05, 0) is 38.3 Å². The van der Waals surface area contributed by atoms with Gasteiger partial charge in [-0.2, -0.15) is 0 Å². The summed E-state index contributed by atoms with van der Waals surface area (Å²) in [5.74, 6) is -0.155. The minimum Gasteiger partial charge on any atom is -0.376 e. The van der Waals surface area contributed by atoms with E-state index in [1.807, 2.05) is 37.4 Å². The number of hydrogen-bond acceptors (Lipinski definition) is 4. The summed E-state index contributed by atoms with van der Waals surface area (Å²) in [5, 5.41) is 1.69. The van der Waals surface area contributed by atoms with Gasteiger partial charge in [0.2, 0.25) is 0 Å². The van der Waals surface area contributed by atoms with Crippen molar-refractivity contribution in [2.24, 2.45) is 0 Å². The smallest absolute Gasteiger partial charge is 0.267 e. The van der Waals surface area contributed by atoms with Crippen LogP contribution in [0.4, 0.5) is 5.69 Å². The summed E-state index contributed by atoms with van der Waals surface area (Å²) in [6.45, 7) is 3.03. The van der Waals surface area contributed by atoms with E-state index in [0.717, 1.165) is 25.1 Å². The number of nitrogens with zero attached hydrogens (tertiary/aromatic N) is 1. The van der Waals surface area contributed by atoms with Crippen molar-refractivity contribution < 1.29 is 14.3 Å². The van der Waals surface area contributed by atoms with Crippen LogP contribution >= 0.6 is 0 Å². The lowest BCUT2D eigenvalue weighted by Gasteiger charge is -2.25. The fraction of sp³-hybridized carbons (Fsp3) is 0.562. The maximum atomic E-state index is 12.1. The number of benzene rings is 1. The van der Waals surface area contributed by atoms with E-state index in [0.29, 0.717) is 6.61 Å². The molecule has 1 aromatic rings. The highest BCUT2D eigenvalue weighted by Crippen LogP contribution is 2.13. The zero-order valence-electron chi connectivity index (χ0n) is 12.7. The van der Waals surface area contributed by atoms with Crippen LogP contribution in [0.15, 0.2) is 30.3 Å². The molecule has 1 amide bonds. The zero-order valence-corrected chi connectivity index (χ0v) is 12.7. The second kappa shape index (κ2) is 8.00. The molecule has 1 saturated heterocycles. The predicted octanol–water partition coefficient (Wildman–Crippen LogP) is 2.13. The molecule has 116 valence electrons. The maximum Gasteiger partial charge on any atom is 0.267 e. The fourth-order valence-corrected chi connectivity index (χ4v) is 2.24. The van der Waals surface area contributed by atoms with Crippen LogP contribution in [0, 0.1) is 0 Å². The van der Waals surface area contributed by atoms with E-state index in [4.69, 9.17) is 9.47 Å². The largest absolute Gasteiger partial charge is 0.376 e. The van der Waals surface area contributed by atoms with Gasteiger partial charge in [0.05, 0.1) is 18.4 Å². The Hall–Kier alpha value is -1.59. The van der Waals surface area contributed by atoms with Crippen LogP contribution in [0.3, 0.4) is 0 Å². The Bertz CT molecular complexity index is 432. The second-order valence-corrected chi connectivity index (χ2v) is 5.33. The molecule has 2 atom stereocenters. The molecule has 1 aromatic carbocycles. The van der Waals surface area contributed by atoms with Gasteiger partial charge in [-0.15, -0.1) is 0 Å². The Kier molecular flexibility index (Phi) is 6.02. The van der Waals surface area contributed by atoms with Crippen molar-refractivity contribution in [2.75, 3.05) is 25.3 Å². The van der Waals surface area contributed by atoms with E-state index in [9.17, 15) is 4.79 Å². The molecular formula is C16H24N2O3. The van der Waals surface area contributed by atoms with Crippen molar-refractivity contribution in [3.63, 3.8) is 0 Å². The van der Waals surface area contributed by atoms with E-state index in [1.165, 1.54) is 6.42 Å². The molecule has 1 fully saturated rings. The second-order valence-electron chi connectivity index (χ2n) is 5.33. The quantitative estimate of drug-likeness (QED) is 0.816. The maximum absolute atomic E-state index is 12.1. The normalized spacial score (nSPS) is 19.8. The lowest BCUT2D eigenvalue weighted by atomic mass is 10.1. The molecule has 0 aromatic heterocycles. The number of rotatable bonds is 6. The summed E-state index contributed by atoms with van der Waals surface area (Å²) in [5.41, 5.74) is 3.74. The Labute approximate surface area is 126 Å². The van der Waals surface area contributed by atoms with Crippen molar-refractivity contribution >= 4 is 11.6 Å². The monoisotopic (exact) mass is 292 g/mol. The average molecular weight is 292 g/mol. The van der Waals surface area contributed by atoms with Gasteiger partial charge in [0, 0.05) is 13.7 Å². The first-order chi connectivity index (χ1) is 10.2. The van der Waals surface area contributed by atoms with E-state index in [2.05, 4.69) is 5.43 Å². The Morgan fingerprint density at radius 3 is 2.86 bits per heavy atom. The van der Waals surface area contributed by atoms with Gasteiger partial charge in [-0.25, -0.2) is 0 Å². The van der Waals surface area contributed by atoms with Crippen LogP contribution in [0.25, 0.3) is 0 Å². The van der Waals surface area contributed by atoms with E-state index >= 15 is 0 Å². The molecular weight excluding hydrogens is 268 g/mol. The lowest BCUT2D eigenvalue weighted by molar-refractivity contribution is -0.135. The van der Waals surface area contributed by atoms with Gasteiger partial charge in [-0.3, -0.25) is 15.2 Å². The highest BCUT2D eigenvalue weighted by atomic mass is 16.5. The molecule has 0 radical (unpaired) electrons. The molecule has 21 heavy (non-hydrogen) atoms. The number of nitrogens with one attached hydrogen (secondary N) is 1. The minimum atomic E-state index is -0.498. The van der Waals surface area contributed by atoms with Crippen molar-refractivity contribution in [1.82, 2.24) is 5.43 Å². The number of carbonyl (C=O) groups excluding carboxylic acids is 1. The number of amides is 1. The van der Waals surface area contributed by atoms with Gasteiger partial charge in [0.15, 0.2) is 0 Å². The Morgan fingerprint density at radius 2 is 2.19 bits per heavy atom. The van der Waals surface area contributed by atoms with Crippen LogP contribution in [0.1, 0.15) is 26.2 Å². The third-order valence-electron chi connectivity index (χ3n) is 3.60. The summed E-state index contributed by atoms with van der Waals surface area (Å²) in [6, 6.07) is 9.66. The molecule has 0 bridgehead atoms. The first kappa shape index (κ1) is 15.8. The third-order valence-corrected chi connectivity index (χ3v) is 3.60. The lowest BCUT2D eigenvalue weighted by Crippen LogP contribution is -2.45. The van der Waals surface area contributed by atoms with E-state index in [1.54, 1.807) is 11.9 Å². The molecule has 1 heterocycles. The van der Waals surface area contributed by atoms with E-state index in [-0.39, 0.29) is 12.0 Å². The molecule has 5 nitrogen and oxygen atoms in total. The van der Waals surface area contributed by atoms with Crippen molar-refractivity contribution in [3.05, 3.63) is 30.3 Å². The van der Waals surface area contributed by atoms with Crippen LogP contribution in [-0.4, -0.2) is 38.4 Å². The first-order valence-corrected chi connectivity index (χ1v) is 7.49. The fourth-order valence-electron chi connectivity index (χ4n) is 2.24. The van der Waals surface area contributed by atoms with Crippen LogP contribution in [0.2, 0.25) is 0 Å². The average Bonchev–Trinajstić information content (AvgIpc) is 2.54. The molecule has 0 spiro atoms. The molecule has 5 heteroatoms. The van der Waals surface area contributed by atoms with Gasteiger partial charge >= 0.3 is 0 Å². The number of anilines is 1. The molecule has 0 unspecified atom stereocenters. The molecule has 0 aliphatic carbocycles. The highest BCUT2D eigenvalue weighted by Gasteiger charge is 2.19. The van der Waals surface area contributed by atoms with Gasteiger partial charge < -0.3 is 9.47 Å². The topological polar surface area (TPSA) is 50.8 Å². The minimum absolute atomic E-state index is 0.126. The summed E-state index contributed by atoms with van der Waals surface area (Å²) < 4.78 is 11.2. The SMILES string of the molecule is C[C@H](OC[C@H]1CCCCO1)C(=O)NN(C)c1ccccc1. The molecule has 0 saturated carbocycles. The zero-order chi connectivity index (χ0) is 15.1. The molecule has 1 N–H and O–H groups in total. The summed E-state index contributed by atoms with van der Waals surface area (Å²) in [4.78, 5) is 12.1. The predicted molar refractivity (Wildman–Crippen MR) is 82.0 cm³/mol. The van der Waals surface area contributed by atoms with Crippen LogP contribution in [-0.2, 0) is 14.3 Å². The van der Waals surface area contributed by atoms with Gasteiger partial charge in [0.1, 0.15) is 6.10 Å². The third kappa shape index (κ3) is 5.02. The van der Waals surface area contributed by atoms with Gasteiger partial charge in [0.25, 0.3) is 5.91 Å². The first-order valence-electron chi connectivity index (χ1n) is 7.49. The number of carbonyl (C=O) groups is 1. The summed E-state index contributed by atoms with van der Waals surface area (Å²) in [6.07, 6.45) is 2.93. The van der Waals surface area contributed by atoms with Gasteiger partial charge in [-0.1, -0.05) is 18.2 Å². The Morgan fingerprint density at radius 1 is 1.43 bits per heavy atom. The van der Waals surface area contributed by atoms with Crippen molar-refractivity contribution in [2.45, 2.75) is 38.4 Å². The number of ether oxygens (including phenoxy) is 2. The summed E-state index contributed by atoms with van der Waals surface area (Å²) >= 11 is 0. The van der Waals surface area contributed by atoms with Crippen molar-refractivity contribution in [3.8, 4) is 0 Å².